The van der Waals surface area contributed by atoms with Gasteiger partial charge in [-0.15, -0.1) is 0 Å². The quantitative estimate of drug-likeness (QED) is 0.476. The van der Waals surface area contributed by atoms with Crippen molar-refractivity contribution in [1.29, 1.82) is 0 Å². The molecule has 0 radical (unpaired) electrons. The van der Waals surface area contributed by atoms with Crippen LogP contribution in [0.1, 0.15) is 42.1 Å². The Kier molecular flexibility index (Phi) is 5.86. The van der Waals surface area contributed by atoms with Crippen LogP contribution in [0, 0.1) is 11.7 Å². The van der Waals surface area contributed by atoms with Crippen LogP contribution in [0.4, 0.5) is 5.69 Å². The Balaban J connectivity index is 1.91. The minimum Gasteiger partial charge on any atom is -0.332 e. The first kappa shape index (κ1) is 19.0. The Hall–Kier alpha value is -2.73. The predicted octanol–water partition coefficient (Wildman–Crippen LogP) is 4.81. The number of aromatic nitrogens is 2. The van der Waals surface area contributed by atoms with Gasteiger partial charge in [0.25, 0.3) is 11.5 Å². The first-order chi connectivity index (χ1) is 13.0. The predicted molar refractivity (Wildman–Crippen MR) is 112 cm³/mol. The van der Waals surface area contributed by atoms with Crippen LogP contribution in [0.3, 0.4) is 0 Å². The second-order valence-corrected chi connectivity index (χ2v) is 7.06. The lowest BCUT2D eigenvalue weighted by molar-refractivity contribution is 0.102. The van der Waals surface area contributed by atoms with E-state index in [9.17, 15) is 9.59 Å². The third-order valence-electron chi connectivity index (χ3n) is 4.51. The van der Waals surface area contributed by atoms with Crippen molar-refractivity contribution in [3.8, 4) is 0 Å². The highest BCUT2D eigenvalue weighted by Crippen LogP contribution is 2.15. The van der Waals surface area contributed by atoms with Crippen molar-refractivity contribution in [3.63, 3.8) is 0 Å². The normalized spacial score (nSPS) is 10.9. The lowest BCUT2D eigenvalue weighted by Crippen LogP contribution is -2.22. The molecule has 0 fully saturated rings. The van der Waals surface area contributed by atoms with E-state index < -0.39 is 0 Å². The second-order valence-electron chi connectivity index (χ2n) is 6.68. The average molecular weight is 382 g/mol. The number of amides is 1. The standard InChI is InChI=1S/C21H23N3O2S/c1-3-4-5-11-24-20(26)17-10-9-15(13-18(17)23-21(24)27)19(25)22-16-8-6-7-14(2)12-16/h6-10,12-13H,3-5,11H2,1-2H3,(H,22,25)(H,23,27). The average Bonchev–Trinajstić information content (AvgIpc) is 2.64. The molecule has 2 aromatic carbocycles. The molecule has 0 bridgehead atoms. The Morgan fingerprint density at radius 1 is 1.19 bits per heavy atom. The van der Waals surface area contributed by atoms with Gasteiger partial charge in [-0.2, -0.15) is 0 Å². The van der Waals surface area contributed by atoms with E-state index in [1.807, 2.05) is 31.2 Å². The molecule has 1 amide bonds. The van der Waals surface area contributed by atoms with E-state index in [1.54, 1.807) is 22.8 Å². The summed E-state index contributed by atoms with van der Waals surface area (Å²) in [5.74, 6) is -0.228. The molecule has 2 N–H and O–H groups in total. The van der Waals surface area contributed by atoms with Crippen LogP contribution in [0.25, 0.3) is 10.9 Å². The Bertz CT molecular complexity index is 1100. The number of aromatic amines is 1. The Morgan fingerprint density at radius 2 is 2.00 bits per heavy atom. The molecule has 140 valence electrons. The number of nitrogens with zero attached hydrogens (tertiary/aromatic N) is 1. The molecule has 0 aliphatic heterocycles. The minimum atomic E-state index is -0.228. The molecule has 5 nitrogen and oxygen atoms in total. The minimum absolute atomic E-state index is 0.115. The van der Waals surface area contributed by atoms with Gasteiger partial charge in [0.05, 0.1) is 10.9 Å². The Morgan fingerprint density at radius 3 is 2.74 bits per heavy atom. The topological polar surface area (TPSA) is 66.9 Å². The summed E-state index contributed by atoms with van der Waals surface area (Å²) < 4.78 is 1.99. The fourth-order valence-electron chi connectivity index (χ4n) is 3.04. The number of aryl methyl sites for hydroxylation is 1. The third kappa shape index (κ3) is 4.34. The van der Waals surface area contributed by atoms with Crippen LogP contribution < -0.4 is 10.9 Å². The van der Waals surface area contributed by atoms with E-state index in [0.29, 0.717) is 27.8 Å². The molecule has 1 aromatic heterocycles. The number of hydrogen-bond acceptors (Lipinski definition) is 3. The number of benzene rings is 2. The molecule has 0 atom stereocenters. The second kappa shape index (κ2) is 8.31. The molecule has 1 heterocycles. The number of carbonyl (C=O) groups excluding carboxylic acids is 1. The number of H-pyrrole nitrogens is 1. The summed E-state index contributed by atoms with van der Waals surface area (Å²) in [5.41, 5.74) is 2.74. The number of nitrogens with one attached hydrogen (secondary N) is 2. The van der Waals surface area contributed by atoms with Crippen molar-refractivity contribution >= 4 is 34.7 Å². The molecule has 3 aromatic rings. The van der Waals surface area contributed by atoms with Crippen molar-refractivity contribution in [3.05, 3.63) is 68.7 Å². The third-order valence-corrected chi connectivity index (χ3v) is 4.83. The van der Waals surface area contributed by atoms with Crippen LogP contribution >= 0.6 is 12.2 Å². The molecular weight excluding hydrogens is 358 g/mol. The highest BCUT2D eigenvalue weighted by molar-refractivity contribution is 7.71. The van der Waals surface area contributed by atoms with Crippen molar-refractivity contribution in [2.24, 2.45) is 0 Å². The van der Waals surface area contributed by atoms with Gasteiger partial charge >= 0.3 is 0 Å². The summed E-state index contributed by atoms with van der Waals surface area (Å²) in [4.78, 5) is 28.4. The maximum atomic E-state index is 12.7. The van der Waals surface area contributed by atoms with Crippen molar-refractivity contribution in [2.75, 3.05) is 5.32 Å². The van der Waals surface area contributed by atoms with Crippen molar-refractivity contribution < 1.29 is 4.79 Å². The summed E-state index contributed by atoms with van der Waals surface area (Å²) in [6.07, 6.45) is 3.05. The van der Waals surface area contributed by atoms with Crippen LogP contribution in [0.2, 0.25) is 0 Å². The molecule has 27 heavy (non-hydrogen) atoms. The molecule has 6 heteroatoms. The first-order valence-corrected chi connectivity index (χ1v) is 9.55. The lowest BCUT2D eigenvalue weighted by atomic mass is 10.1. The van der Waals surface area contributed by atoms with Crippen LogP contribution in [-0.4, -0.2) is 15.5 Å². The van der Waals surface area contributed by atoms with E-state index in [-0.39, 0.29) is 11.5 Å². The van der Waals surface area contributed by atoms with E-state index in [4.69, 9.17) is 12.2 Å². The summed E-state index contributed by atoms with van der Waals surface area (Å²) >= 11 is 5.35. The number of anilines is 1. The van der Waals surface area contributed by atoms with Crippen molar-refractivity contribution in [2.45, 2.75) is 39.7 Å². The number of rotatable bonds is 6. The van der Waals surface area contributed by atoms with Gasteiger partial charge < -0.3 is 10.3 Å². The van der Waals surface area contributed by atoms with Crippen LogP contribution in [0.5, 0.6) is 0 Å². The number of hydrogen-bond donors (Lipinski definition) is 2. The molecule has 3 rings (SSSR count). The van der Waals surface area contributed by atoms with Gasteiger partial charge in [0.2, 0.25) is 0 Å². The fourth-order valence-corrected chi connectivity index (χ4v) is 3.33. The van der Waals surface area contributed by atoms with Gasteiger partial charge in [-0.05, 0) is 61.5 Å². The van der Waals surface area contributed by atoms with E-state index in [1.165, 1.54) is 0 Å². The summed E-state index contributed by atoms with van der Waals surface area (Å²) in [7, 11) is 0. The largest absolute Gasteiger partial charge is 0.332 e. The SMILES string of the molecule is CCCCCn1c(=S)[nH]c2cc(C(=O)Nc3cccc(C)c3)ccc2c1=O. The zero-order valence-corrected chi connectivity index (χ0v) is 16.4. The zero-order chi connectivity index (χ0) is 19.4. The molecule has 0 spiro atoms. The van der Waals surface area contributed by atoms with Gasteiger partial charge in [-0.1, -0.05) is 31.9 Å². The lowest BCUT2D eigenvalue weighted by Gasteiger charge is -2.10. The highest BCUT2D eigenvalue weighted by atomic mass is 32.1. The summed E-state index contributed by atoms with van der Waals surface area (Å²) in [6, 6.07) is 12.6. The smallest absolute Gasteiger partial charge is 0.262 e. The highest BCUT2D eigenvalue weighted by Gasteiger charge is 2.11. The number of carbonyl (C=O) groups is 1. The molecule has 0 aliphatic carbocycles. The van der Waals surface area contributed by atoms with E-state index in [0.717, 1.165) is 30.5 Å². The van der Waals surface area contributed by atoms with Gasteiger partial charge in [0, 0.05) is 17.8 Å². The number of fused-ring (bicyclic) bond motifs is 1. The van der Waals surface area contributed by atoms with Crippen LogP contribution in [0.15, 0.2) is 47.3 Å². The molecule has 0 saturated heterocycles. The van der Waals surface area contributed by atoms with E-state index in [2.05, 4.69) is 17.2 Å². The Labute approximate surface area is 163 Å². The fraction of sp³-hybridized carbons (Fsp3) is 0.286. The first-order valence-electron chi connectivity index (χ1n) is 9.14. The van der Waals surface area contributed by atoms with Gasteiger partial charge in [0.15, 0.2) is 4.77 Å². The summed E-state index contributed by atoms with van der Waals surface area (Å²) in [5, 5.41) is 3.41. The van der Waals surface area contributed by atoms with Gasteiger partial charge in [0.1, 0.15) is 0 Å². The summed E-state index contributed by atoms with van der Waals surface area (Å²) in [6.45, 7) is 4.69. The van der Waals surface area contributed by atoms with Gasteiger partial charge in [-0.3, -0.25) is 14.2 Å². The van der Waals surface area contributed by atoms with Gasteiger partial charge in [-0.25, -0.2) is 0 Å². The molecule has 0 unspecified atom stereocenters. The molecule has 0 saturated carbocycles. The van der Waals surface area contributed by atoms with Crippen LogP contribution in [-0.2, 0) is 6.54 Å². The molecular formula is C21H23N3O2S. The maximum absolute atomic E-state index is 12.7. The molecule has 0 aliphatic rings. The zero-order valence-electron chi connectivity index (χ0n) is 15.5. The monoisotopic (exact) mass is 381 g/mol. The van der Waals surface area contributed by atoms with Crippen molar-refractivity contribution in [1.82, 2.24) is 9.55 Å². The maximum Gasteiger partial charge on any atom is 0.262 e. The number of unbranched alkanes of at least 4 members (excludes halogenated alkanes) is 2. The van der Waals surface area contributed by atoms with E-state index >= 15 is 0 Å².